The van der Waals surface area contributed by atoms with E-state index in [0.29, 0.717) is 13.1 Å². The summed E-state index contributed by atoms with van der Waals surface area (Å²) in [6.07, 6.45) is 6.86. The Morgan fingerprint density at radius 3 is 2.73 bits per heavy atom. The maximum atomic E-state index is 9.84. The molecule has 0 amide bonds. The van der Waals surface area contributed by atoms with Gasteiger partial charge in [0.25, 0.3) is 6.47 Å². The molecule has 0 aliphatic heterocycles. The summed E-state index contributed by atoms with van der Waals surface area (Å²) in [5.41, 5.74) is 1.04. The van der Waals surface area contributed by atoms with Crippen LogP contribution in [0.2, 0.25) is 0 Å². The number of hydrogen-bond acceptors (Lipinski definition) is 2. The van der Waals surface area contributed by atoms with Crippen LogP contribution in [0.5, 0.6) is 0 Å². The zero-order chi connectivity index (χ0) is 8.53. The Morgan fingerprint density at radius 1 is 1.55 bits per heavy atom. The van der Waals surface area contributed by atoms with Gasteiger partial charge >= 0.3 is 0 Å². The second-order valence-electron chi connectivity index (χ2n) is 2.09. The molecule has 0 aromatic carbocycles. The second-order valence-corrected chi connectivity index (χ2v) is 2.09. The molecule has 2 nitrogen and oxygen atoms in total. The van der Waals surface area contributed by atoms with Crippen molar-refractivity contribution in [3.05, 3.63) is 23.8 Å². The number of carbonyl (C=O) groups excluding carboxylic acids is 1. The second kappa shape index (κ2) is 7.06. The fourth-order valence-electron chi connectivity index (χ4n) is 0.782. The normalized spacial score (nSPS) is 12.0. The van der Waals surface area contributed by atoms with E-state index in [-0.39, 0.29) is 0 Å². The van der Waals surface area contributed by atoms with Crippen molar-refractivity contribution in [1.82, 2.24) is 0 Å². The van der Waals surface area contributed by atoms with Crippen LogP contribution in [0, 0.1) is 0 Å². The molecule has 0 aromatic rings. The van der Waals surface area contributed by atoms with Crippen LogP contribution < -0.4 is 0 Å². The maximum Gasteiger partial charge on any atom is 0.293 e. The summed E-state index contributed by atoms with van der Waals surface area (Å²) in [5.74, 6) is 0. The highest BCUT2D eigenvalue weighted by Crippen LogP contribution is 1.98. The van der Waals surface area contributed by atoms with E-state index < -0.39 is 0 Å². The molecule has 62 valence electrons. The Morgan fingerprint density at radius 2 is 2.27 bits per heavy atom. The van der Waals surface area contributed by atoms with Gasteiger partial charge in [-0.25, -0.2) is 0 Å². The summed E-state index contributed by atoms with van der Waals surface area (Å²) in [6, 6.07) is 0. The highest BCUT2D eigenvalue weighted by molar-refractivity contribution is 5.38. The predicted octanol–water partition coefficient (Wildman–Crippen LogP) is 2.07. The summed E-state index contributed by atoms with van der Waals surface area (Å²) in [6.45, 7) is 4.82. The number of hydrogen-bond donors (Lipinski definition) is 0. The molecular weight excluding hydrogens is 140 g/mol. The van der Waals surface area contributed by atoms with E-state index in [1.165, 1.54) is 0 Å². The average molecular weight is 154 g/mol. The lowest BCUT2D eigenvalue weighted by Gasteiger charge is -1.98. The molecule has 0 saturated carbocycles. The smallest absolute Gasteiger partial charge is 0.293 e. The maximum absolute atomic E-state index is 9.84. The quantitative estimate of drug-likeness (QED) is 0.447. The third kappa shape index (κ3) is 5.40. The van der Waals surface area contributed by atoms with Crippen LogP contribution >= 0.6 is 0 Å². The molecule has 0 radical (unpaired) electrons. The minimum Gasteiger partial charge on any atom is -0.463 e. The molecule has 0 aliphatic carbocycles. The number of allylic oxidation sites excluding steroid dienone is 2. The van der Waals surface area contributed by atoms with Gasteiger partial charge in [0.05, 0.1) is 0 Å². The lowest BCUT2D eigenvalue weighted by atomic mass is 10.2. The van der Waals surface area contributed by atoms with Gasteiger partial charge < -0.3 is 4.74 Å². The zero-order valence-corrected chi connectivity index (χ0v) is 7.04. The molecule has 0 saturated heterocycles. The van der Waals surface area contributed by atoms with Gasteiger partial charge in [0, 0.05) is 0 Å². The van der Waals surface area contributed by atoms with Gasteiger partial charge in [0.15, 0.2) is 0 Å². The molecule has 11 heavy (non-hydrogen) atoms. The van der Waals surface area contributed by atoms with Crippen LogP contribution in [0.1, 0.15) is 20.3 Å². The summed E-state index contributed by atoms with van der Waals surface area (Å²) in [7, 11) is 0. The summed E-state index contributed by atoms with van der Waals surface area (Å²) in [4.78, 5) is 9.84. The molecule has 0 fully saturated rings. The number of ether oxygens (including phenoxy) is 1. The van der Waals surface area contributed by atoms with E-state index in [9.17, 15) is 4.79 Å². The molecule has 0 spiro atoms. The van der Waals surface area contributed by atoms with Crippen LogP contribution in [0.25, 0.3) is 0 Å². The molecular formula is C9H14O2. The Balaban J connectivity index is 3.88. The average Bonchev–Trinajstić information content (AvgIpc) is 2.01. The third-order valence-corrected chi connectivity index (χ3v) is 1.17. The van der Waals surface area contributed by atoms with Crippen molar-refractivity contribution in [1.29, 1.82) is 0 Å². The van der Waals surface area contributed by atoms with Crippen molar-refractivity contribution in [3.63, 3.8) is 0 Å². The van der Waals surface area contributed by atoms with Crippen molar-refractivity contribution < 1.29 is 9.53 Å². The van der Waals surface area contributed by atoms with E-state index in [1.54, 1.807) is 0 Å². The van der Waals surface area contributed by atoms with Gasteiger partial charge in [-0.1, -0.05) is 25.2 Å². The molecule has 0 aliphatic rings. The van der Waals surface area contributed by atoms with Crippen LogP contribution in [0.15, 0.2) is 23.8 Å². The molecule has 0 bridgehead atoms. The lowest BCUT2D eigenvalue weighted by Crippen LogP contribution is -1.93. The predicted molar refractivity (Wildman–Crippen MR) is 45.2 cm³/mol. The Bertz CT molecular complexity index is 157. The van der Waals surface area contributed by atoms with Crippen molar-refractivity contribution in [3.8, 4) is 0 Å². The van der Waals surface area contributed by atoms with E-state index >= 15 is 0 Å². The Labute approximate surface area is 67.6 Å². The SMILES string of the molecule is C/C=C\C(=C/CC)COC=O. The fourth-order valence-corrected chi connectivity index (χ4v) is 0.782. The van der Waals surface area contributed by atoms with Gasteiger partial charge in [0.1, 0.15) is 6.61 Å². The van der Waals surface area contributed by atoms with Crippen LogP contribution in [0.4, 0.5) is 0 Å². The fraction of sp³-hybridized carbons (Fsp3) is 0.444. The van der Waals surface area contributed by atoms with Crippen LogP contribution in [0.3, 0.4) is 0 Å². The summed E-state index contributed by atoms with van der Waals surface area (Å²) in [5, 5.41) is 0. The van der Waals surface area contributed by atoms with Gasteiger partial charge in [-0.3, -0.25) is 4.79 Å². The standard InChI is InChI=1S/C9H14O2/c1-3-5-9(6-4-2)7-11-8-10/h3,5-6,8H,4,7H2,1-2H3/b5-3-,9-6+. The first kappa shape index (κ1) is 9.95. The highest BCUT2D eigenvalue weighted by Gasteiger charge is 1.89. The van der Waals surface area contributed by atoms with Crippen LogP contribution in [-0.4, -0.2) is 13.1 Å². The Kier molecular flexibility index (Phi) is 6.39. The molecule has 0 heterocycles. The first-order valence-corrected chi connectivity index (χ1v) is 3.72. The van der Waals surface area contributed by atoms with Crippen molar-refractivity contribution in [2.24, 2.45) is 0 Å². The first-order valence-electron chi connectivity index (χ1n) is 3.72. The zero-order valence-electron chi connectivity index (χ0n) is 7.04. The van der Waals surface area contributed by atoms with E-state index in [2.05, 4.69) is 4.74 Å². The van der Waals surface area contributed by atoms with Gasteiger partial charge in [-0.2, -0.15) is 0 Å². The molecule has 0 aromatic heterocycles. The molecule has 0 N–H and O–H groups in total. The van der Waals surface area contributed by atoms with Crippen LogP contribution in [-0.2, 0) is 9.53 Å². The minimum atomic E-state index is 0.377. The summed E-state index contributed by atoms with van der Waals surface area (Å²) >= 11 is 0. The summed E-state index contributed by atoms with van der Waals surface area (Å²) < 4.78 is 4.60. The number of carbonyl (C=O) groups is 1. The minimum absolute atomic E-state index is 0.377. The lowest BCUT2D eigenvalue weighted by molar-refractivity contribution is -0.127. The molecule has 0 rings (SSSR count). The molecule has 2 heteroatoms. The molecule has 0 unspecified atom stereocenters. The van der Waals surface area contributed by atoms with Gasteiger partial charge in [-0.05, 0) is 18.9 Å². The van der Waals surface area contributed by atoms with Crippen molar-refractivity contribution >= 4 is 6.47 Å². The van der Waals surface area contributed by atoms with Gasteiger partial charge in [0.2, 0.25) is 0 Å². The topological polar surface area (TPSA) is 26.3 Å². The highest BCUT2D eigenvalue weighted by atomic mass is 16.5. The third-order valence-electron chi connectivity index (χ3n) is 1.17. The molecule has 0 atom stereocenters. The van der Waals surface area contributed by atoms with Crippen molar-refractivity contribution in [2.75, 3.05) is 6.61 Å². The monoisotopic (exact) mass is 154 g/mol. The van der Waals surface area contributed by atoms with Crippen molar-refractivity contribution in [2.45, 2.75) is 20.3 Å². The first-order chi connectivity index (χ1) is 5.35. The van der Waals surface area contributed by atoms with E-state index in [0.717, 1.165) is 12.0 Å². The van der Waals surface area contributed by atoms with E-state index in [4.69, 9.17) is 0 Å². The Hall–Kier alpha value is -1.05. The van der Waals surface area contributed by atoms with Gasteiger partial charge in [-0.15, -0.1) is 0 Å². The largest absolute Gasteiger partial charge is 0.463 e. The number of rotatable bonds is 5. The van der Waals surface area contributed by atoms with E-state index in [1.807, 2.05) is 32.1 Å².